The maximum absolute atomic E-state index is 11.8. The molecule has 0 unspecified atom stereocenters. The van der Waals surface area contributed by atoms with E-state index < -0.39 is 71.6 Å². The molecule has 0 radical (unpaired) electrons. The van der Waals surface area contributed by atoms with E-state index in [0.29, 0.717) is 17.0 Å². The van der Waals surface area contributed by atoms with Crippen LogP contribution >= 0.6 is 12.6 Å². The number of carboxylic acids is 1. The minimum atomic E-state index is -1.70. The van der Waals surface area contributed by atoms with Crippen molar-refractivity contribution >= 4 is 52.7 Å². The molecular formula is C15H11N5O10S. The molecule has 31 heavy (non-hydrogen) atoms. The molecule has 15 nitrogen and oxygen atoms in total. The topological polar surface area (TPSA) is 213 Å². The zero-order valence-corrected chi connectivity index (χ0v) is 15.9. The fourth-order valence-electron chi connectivity index (χ4n) is 2.69. The zero-order valence-electron chi connectivity index (χ0n) is 15.1. The van der Waals surface area contributed by atoms with E-state index in [9.17, 15) is 50.4 Å². The van der Waals surface area contributed by atoms with Gasteiger partial charge >= 0.3 is 5.97 Å². The van der Waals surface area contributed by atoms with Gasteiger partial charge in [0.05, 0.1) is 31.8 Å². The van der Waals surface area contributed by atoms with Crippen molar-refractivity contribution in [3.8, 4) is 0 Å². The molecule has 0 aliphatic rings. The number of aliphatic carboxylic acids is 1. The standard InChI is InChI=1S/C15H11N5O10S/c21-15(22)14(7-31)16(10-3-1-8(17(23)24)5-12(10)19(27)28)11-4-2-9(18(25)26)6-13(11)20(29)30/h1-6,14,31H,7H2,(H,21,22)/t14-/m0/s1. The summed E-state index contributed by atoms with van der Waals surface area (Å²) in [5.41, 5.74) is -4.20. The van der Waals surface area contributed by atoms with Crippen LogP contribution < -0.4 is 4.90 Å². The van der Waals surface area contributed by atoms with Crippen molar-refractivity contribution < 1.29 is 29.6 Å². The summed E-state index contributed by atoms with van der Waals surface area (Å²) in [6.07, 6.45) is 0. The van der Waals surface area contributed by atoms with E-state index in [-0.39, 0.29) is 0 Å². The molecule has 2 rings (SSSR count). The van der Waals surface area contributed by atoms with E-state index in [4.69, 9.17) is 0 Å². The van der Waals surface area contributed by atoms with E-state index in [2.05, 4.69) is 12.6 Å². The molecule has 0 aromatic heterocycles. The third-order valence-corrected chi connectivity index (χ3v) is 4.37. The lowest BCUT2D eigenvalue weighted by atomic mass is 10.1. The Hall–Kier alpha value is -4.34. The lowest BCUT2D eigenvalue weighted by Gasteiger charge is -2.29. The van der Waals surface area contributed by atoms with Crippen molar-refractivity contribution in [2.75, 3.05) is 10.7 Å². The second-order valence-electron chi connectivity index (χ2n) is 5.78. The molecule has 0 aliphatic carbocycles. The molecule has 0 aliphatic heterocycles. The third-order valence-electron chi connectivity index (χ3n) is 4.02. The average Bonchev–Trinajstić information content (AvgIpc) is 2.70. The van der Waals surface area contributed by atoms with Gasteiger partial charge < -0.3 is 10.0 Å². The van der Waals surface area contributed by atoms with Crippen LogP contribution in [0.3, 0.4) is 0 Å². The molecule has 1 N–H and O–H groups in total. The quantitative estimate of drug-likeness (QED) is 0.320. The number of carbonyl (C=O) groups is 1. The Morgan fingerprint density at radius 3 is 1.48 bits per heavy atom. The highest BCUT2D eigenvalue weighted by atomic mass is 32.1. The number of hydrogen-bond donors (Lipinski definition) is 2. The SMILES string of the molecule is O=C(O)[C@H](CS)N(c1ccc([N+](=O)[O-])cc1[N+](=O)[O-])c1ccc([N+](=O)[O-])cc1[N+](=O)[O-]. The summed E-state index contributed by atoms with van der Waals surface area (Å²) in [6.45, 7) is 0. The normalized spacial score (nSPS) is 11.4. The second-order valence-corrected chi connectivity index (χ2v) is 6.15. The minimum absolute atomic E-state index is 0.488. The van der Waals surface area contributed by atoms with Crippen LogP contribution in [0.4, 0.5) is 34.1 Å². The molecule has 1 atom stereocenters. The smallest absolute Gasteiger partial charge is 0.327 e. The highest BCUT2D eigenvalue weighted by Gasteiger charge is 2.36. The fraction of sp³-hybridized carbons (Fsp3) is 0.133. The van der Waals surface area contributed by atoms with Crippen LogP contribution in [-0.2, 0) is 4.79 Å². The van der Waals surface area contributed by atoms with Crippen LogP contribution in [-0.4, -0.2) is 42.6 Å². The van der Waals surface area contributed by atoms with Crippen LogP contribution in [0.1, 0.15) is 0 Å². The average molecular weight is 453 g/mol. The molecular weight excluding hydrogens is 442 g/mol. The fourth-order valence-corrected chi connectivity index (χ4v) is 3.01. The monoisotopic (exact) mass is 453 g/mol. The highest BCUT2D eigenvalue weighted by Crippen LogP contribution is 2.42. The predicted octanol–water partition coefficient (Wildman–Crippen LogP) is 2.84. The number of thiol groups is 1. The highest BCUT2D eigenvalue weighted by molar-refractivity contribution is 7.80. The molecule has 0 bridgehead atoms. The van der Waals surface area contributed by atoms with Crippen molar-refractivity contribution in [2.45, 2.75) is 6.04 Å². The first-order valence-corrected chi connectivity index (χ1v) is 8.61. The molecule has 162 valence electrons. The van der Waals surface area contributed by atoms with Crippen LogP contribution in [0.5, 0.6) is 0 Å². The van der Waals surface area contributed by atoms with Crippen molar-refractivity contribution in [3.63, 3.8) is 0 Å². The largest absolute Gasteiger partial charge is 0.480 e. The summed E-state index contributed by atoms with van der Waals surface area (Å²) in [5.74, 6) is -2.06. The maximum atomic E-state index is 11.8. The van der Waals surface area contributed by atoms with E-state index in [1.807, 2.05) is 0 Å². The Bertz CT molecular complexity index is 1030. The molecule has 2 aromatic rings. The van der Waals surface area contributed by atoms with Gasteiger partial charge in [-0.25, -0.2) is 4.79 Å². The summed E-state index contributed by atoms with van der Waals surface area (Å²) in [4.78, 5) is 53.6. The first kappa shape index (κ1) is 22.9. The maximum Gasteiger partial charge on any atom is 0.327 e. The van der Waals surface area contributed by atoms with Gasteiger partial charge in [0.1, 0.15) is 17.4 Å². The molecule has 0 saturated heterocycles. The first-order valence-electron chi connectivity index (χ1n) is 7.98. The number of benzene rings is 2. The molecule has 0 spiro atoms. The van der Waals surface area contributed by atoms with E-state index in [1.165, 1.54) is 0 Å². The van der Waals surface area contributed by atoms with Crippen molar-refractivity contribution in [3.05, 3.63) is 76.9 Å². The van der Waals surface area contributed by atoms with Crippen LogP contribution in [0, 0.1) is 40.5 Å². The molecule has 0 heterocycles. The van der Waals surface area contributed by atoms with Gasteiger partial charge in [0, 0.05) is 17.9 Å². The Morgan fingerprint density at radius 2 is 1.23 bits per heavy atom. The van der Waals surface area contributed by atoms with Crippen LogP contribution in [0.2, 0.25) is 0 Å². The number of hydrogen-bond acceptors (Lipinski definition) is 11. The van der Waals surface area contributed by atoms with Gasteiger partial charge in [-0.15, -0.1) is 0 Å². The van der Waals surface area contributed by atoms with Gasteiger partial charge in [0.15, 0.2) is 0 Å². The van der Waals surface area contributed by atoms with Gasteiger partial charge in [0.2, 0.25) is 0 Å². The van der Waals surface area contributed by atoms with E-state index in [0.717, 1.165) is 24.3 Å². The Morgan fingerprint density at radius 1 is 0.839 bits per heavy atom. The van der Waals surface area contributed by atoms with Gasteiger partial charge in [-0.2, -0.15) is 12.6 Å². The zero-order chi connectivity index (χ0) is 23.5. The van der Waals surface area contributed by atoms with Gasteiger partial charge in [0.25, 0.3) is 22.7 Å². The van der Waals surface area contributed by atoms with Gasteiger partial charge in [-0.05, 0) is 12.1 Å². The second kappa shape index (κ2) is 8.99. The van der Waals surface area contributed by atoms with Gasteiger partial charge in [-0.1, -0.05) is 0 Å². The molecule has 2 aromatic carbocycles. The number of non-ortho nitro benzene ring substituents is 2. The Balaban J connectivity index is 2.91. The number of anilines is 2. The molecule has 16 heteroatoms. The summed E-state index contributed by atoms with van der Waals surface area (Å²) in [5, 5.41) is 54.6. The van der Waals surface area contributed by atoms with Crippen molar-refractivity contribution in [1.29, 1.82) is 0 Å². The van der Waals surface area contributed by atoms with Crippen molar-refractivity contribution in [1.82, 2.24) is 0 Å². The van der Waals surface area contributed by atoms with Gasteiger partial charge in [-0.3, -0.25) is 40.5 Å². The van der Waals surface area contributed by atoms with E-state index >= 15 is 0 Å². The van der Waals surface area contributed by atoms with Crippen LogP contribution in [0.25, 0.3) is 0 Å². The third kappa shape index (κ3) is 4.64. The summed E-state index contributed by atoms with van der Waals surface area (Å²) in [6, 6.07) is 2.85. The summed E-state index contributed by atoms with van der Waals surface area (Å²) in [7, 11) is 0. The minimum Gasteiger partial charge on any atom is -0.480 e. The number of rotatable bonds is 9. The van der Waals surface area contributed by atoms with E-state index in [1.54, 1.807) is 0 Å². The lowest BCUT2D eigenvalue weighted by molar-refractivity contribution is -0.393. The number of nitro benzene ring substituents is 4. The van der Waals surface area contributed by atoms with Crippen molar-refractivity contribution in [2.24, 2.45) is 0 Å². The number of nitrogens with zero attached hydrogens (tertiary/aromatic N) is 5. The number of nitro groups is 4. The van der Waals surface area contributed by atoms with Crippen LogP contribution in [0.15, 0.2) is 36.4 Å². The molecule has 0 saturated carbocycles. The Labute approximate surface area is 176 Å². The predicted molar refractivity (Wildman–Crippen MR) is 107 cm³/mol. The first-order chi connectivity index (χ1) is 14.5. The lowest BCUT2D eigenvalue weighted by Crippen LogP contribution is -2.40. The molecule has 0 amide bonds. The number of carboxylic acid groups (broad SMARTS) is 1. The summed E-state index contributed by atoms with van der Waals surface area (Å²) >= 11 is 3.89. The Kier molecular flexibility index (Phi) is 6.65. The summed E-state index contributed by atoms with van der Waals surface area (Å²) < 4.78 is 0. The molecule has 0 fully saturated rings.